The van der Waals surface area contributed by atoms with E-state index in [-0.39, 0.29) is 11.8 Å². The van der Waals surface area contributed by atoms with Crippen LogP contribution in [0.4, 0.5) is 26.3 Å². The summed E-state index contributed by atoms with van der Waals surface area (Å²) < 4.78 is 110. The molecule has 7 rings (SSSR count). The standard InChI is InChI=1S/C32H19ClF6N2O4/c1-28(33)16-14-23-25(15-17-28)43-27(41-23)19-8-12-21(13-9-19)45-32(39)30(36,37)29(34,35)31(32,38)44-20-10-6-18(7-11-20)26-40-22-4-2-3-5-24(22)42-26/h2-17H,1H3. The monoisotopic (exact) mass is 644 g/mol. The Bertz CT molecular complexity index is 1920. The van der Waals surface area contributed by atoms with E-state index in [1.165, 1.54) is 24.3 Å². The second-order valence-electron chi connectivity index (χ2n) is 10.7. The number of nitrogens with zero attached hydrogens (tertiary/aromatic N) is 2. The van der Waals surface area contributed by atoms with Crippen LogP contribution in [0, 0.1) is 0 Å². The molecule has 0 N–H and O–H groups in total. The van der Waals surface area contributed by atoms with Gasteiger partial charge in [-0.1, -0.05) is 24.3 Å². The average Bonchev–Trinajstić information content (AvgIpc) is 3.60. The first kappa shape index (κ1) is 29.0. The third-order valence-electron chi connectivity index (χ3n) is 7.44. The summed E-state index contributed by atoms with van der Waals surface area (Å²) in [4.78, 5) is 7.88. The molecule has 0 bridgehead atoms. The van der Waals surface area contributed by atoms with Gasteiger partial charge in [0.2, 0.25) is 11.8 Å². The van der Waals surface area contributed by atoms with Gasteiger partial charge < -0.3 is 18.3 Å². The number of ether oxygens (including phenoxy) is 2. The molecule has 0 saturated heterocycles. The number of rotatable bonds is 6. The Morgan fingerprint density at radius 1 is 0.644 bits per heavy atom. The molecule has 0 aliphatic heterocycles. The molecule has 1 fully saturated rings. The van der Waals surface area contributed by atoms with Gasteiger partial charge in [-0.2, -0.15) is 26.3 Å². The number of alkyl halides is 7. The summed E-state index contributed by atoms with van der Waals surface area (Å²) in [6.07, 6.45) is 6.68. The van der Waals surface area contributed by atoms with Crippen LogP contribution in [-0.2, 0) is 0 Å². The topological polar surface area (TPSA) is 70.5 Å². The Balaban J connectivity index is 1.12. The number of oxazole rings is 2. The molecule has 0 radical (unpaired) electrons. The molecule has 6 nitrogen and oxygen atoms in total. The fourth-order valence-corrected chi connectivity index (χ4v) is 5.02. The Kier molecular flexibility index (Phi) is 6.22. The van der Waals surface area contributed by atoms with Crippen molar-refractivity contribution in [3.8, 4) is 34.4 Å². The maximum atomic E-state index is 15.7. The number of allylic oxidation sites excluding steroid dienone is 2. The zero-order valence-electron chi connectivity index (χ0n) is 22.9. The molecule has 2 aliphatic carbocycles. The van der Waals surface area contributed by atoms with Gasteiger partial charge in [-0.3, -0.25) is 0 Å². The summed E-state index contributed by atoms with van der Waals surface area (Å²) in [6, 6.07) is 15.8. The van der Waals surface area contributed by atoms with Crippen LogP contribution in [0.5, 0.6) is 11.5 Å². The lowest BCUT2D eigenvalue weighted by Gasteiger charge is -2.55. The highest BCUT2D eigenvalue weighted by molar-refractivity contribution is 6.27. The lowest BCUT2D eigenvalue weighted by Crippen LogP contribution is -2.89. The van der Waals surface area contributed by atoms with Crippen molar-refractivity contribution >= 4 is 34.9 Å². The van der Waals surface area contributed by atoms with E-state index in [0.717, 1.165) is 24.3 Å². The number of benzene rings is 3. The normalized spacial score (nSPS) is 26.2. The van der Waals surface area contributed by atoms with Crippen molar-refractivity contribution in [1.29, 1.82) is 0 Å². The zero-order chi connectivity index (χ0) is 31.8. The molecule has 2 heterocycles. The summed E-state index contributed by atoms with van der Waals surface area (Å²) in [5.74, 6) is -21.7. The summed E-state index contributed by atoms with van der Waals surface area (Å²) in [7, 11) is 0. The van der Waals surface area contributed by atoms with Crippen molar-refractivity contribution in [1.82, 2.24) is 9.97 Å². The lowest BCUT2D eigenvalue weighted by atomic mass is 9.76. The Labute approximate surface area is 255 Å². The Morgan fingerprint density at radius 2 is 1.16 bits per heavy atom. The molecule has 3 unspecified atom stereocenters. The maximum absolute atomic E-state index is 15.7. The quantitative estimate of drug-likeness (QED) is 0.136. The van der Waals surface area contributed by atoms with E-state index in [1.807, 2.05) is 0 Å². The van der Waals surface area contributed by atoms with Gasteiger partial charge in [0.05, 0.1) is 4.87 Å². The van der Waals surface area contributed by atoms with Crippen LogP contribution < -0.4 is 9.47 Å². The molecule has 3 aromatic carbocycles. The molecule has 5 aromatic rings. The van der Waals surface area contributed by atoms with Gasteiger partial charge in [-0.25, -0.2) is 9.97 Å². The Hall–Kier alpha value is -4.71. The number of aromatic nitrogens is 2. The van der Waals surface area contributed by atoms with Crippen LogP contribution in [0.3, 0.4) is 0 Å². The Morgan fingerprint density at radius 3 is 1.71 bits per heavy atom. The molecule has 3 atom stereocenters. The molecule has 2 aliphatic rings. The zero-order valence-corrected chi connectivity index (χ0v) is 23.7. The lowest BCUT2D eigenvalue weighted by molar-refractivity contribution is -0.527. The van der Waals surface area contributed by atoms with Gasteiger partial charge in [-0.05, 0) is 79.7 Å². The van der Waals surface area contributed by atoms with Crippen molar-refractivity contribution in [2.24, 2.45) is 0 Å². The van der Waals surface area contributed by atoms with Crippen LogP contribution in [-0.4, -0.2) is 38.4 Å². The second-order valence-corrected chi connectivity index (χ2v) is 11.5. The molecule has 0 amide bonds. The number of hydrogen-bond donors (Lipinski definition) is 0. The summed E-state index contributed by atoms with van der Waals surface area (Å²) in [5, 5.41) is 0. The minimum atomic E-state index is -5.60. The van der Waals surface area contributed by atoms with E-state index in [9.17, 15) is 17.6 Å². The van der Waals surface area contributed by atoms with Crippen molar-refractivity contribution in [3.05, 3.63) is 96.4 Å². The van der Waals surface area contributed by atoms with Gasteiger partial charge in [-0.15, -0.1) is 11.6 Å². The minimum Gasteiger partial charge on any atom is -0.447 e. The predicted molar refractivity (Wildman–Crippen MR) is 153 cm³/mol. The van der Waals surface area contributed by atoms with Gasteiger partial charge in [0, 0.05) is 11.1 Å². The molecule has 13 heteroatoms. The summed E-state index contributed by atoms with van der Waals surface area (Å²) in [6.45, 7) is 1.76. The minimum absolute atomic E-state index is 0.110. The molecule has 2 aromatic heterocycles. The van der Waals surface area contributed by atoms with Gasteiger partial charge in [0.1, 0.15) is 22.7 Å². The van der Waals surface area contributed by atoms with Gasteiger partial charge in [0.15, 0.2) is 11.3 Å². The van der Waals surface area contributed by atoms with Crippen LogP contribution >= 0.6 is 11.6 Å². The molecular formula is C32H19ClF6N2O4. The molecule has 45 heavy (non-hydrogen) atoms. The second kappa shape index (κ2) is 9.64. The van der Waals surface area contributed by atoms with Crippen molar-refractivity contribution in [2.75, 3.05) is 0 Å². The first-order valence-electron chi connectivity index (χ1n) is 13.4. The van der Waals surface area contributed by atoms with E-state index >= 15 is 8.78 Å². The van der Waals surface area contributed by atoms with E-state index in [2.05, 4.69) is 19.4 Å². The average molecular weight is 645 g/mol. The van der Waals surface area contributed by atoms with Crippen molar-refractivity contribution in [3.63, 3.8) is 0 Å². The number of hydrogen-bond acceptors (Lipinski definition) is 6. The fraction of sp³-hybridized carbons (Fsp3) is 0.188. The SMILES string of the molecule is CC1(Cl)C=Cc2nc(-c3ccc(OC4(F)C(F)(F)C(F)(F)C4(F)Oc4ccc(-c5nc6ccccc6o5)cc4)cc3)oc2C=C1. The predicted octanol–water partition coefficient (Wildman–Crippen LogP) is 9.26. The fourth-order valence-electron chi connectivity index (χ4n) is 4.90. The van der Waals surface area contributed by atoms with Crippen LogP contribution in [0.25, 0.3) is 46.2 Å². The largest absolute Gasteiger partial charge is 0.447 e. The summed E-state index contributed by atoms with van der Waals surface area (Å²) >= 11 is 6.28. The highest BCUT2D eigenvalue weighted by Gasteiger charge is 3.03. The number of para-hydroxylation sites is 2. The van der Waals surface area contributed by atoms with Crippen molar-refractivity contribution < 1.29 is 44.7 Å². The van der Waals surface area contributed by atoms with E-state index < -0.39 is 39.9 Å². The summed E-state index contributed by atoms with van der Waals surface area (Å²) in [5.41, 5.74) is 2.13. The molecule has 1 saturated carbocycles. The first-order valence-corrected chi connectivity index (χ1v) is 13.8. The maximum Gasteiger partial charge on any atom is 0.395 e. The van der Waals surface area contributed by atoms with E-state index in [0.29, 0.717) is 33.7 Å². The highest BCUT2D eigenvalue weighted by Crippen LogP contribution is 2.68. The molecule has 0 spiro atoms. The van der Waals surface area contributed by atoms with Crippen LogP contribution in [0.1, 0.15) is 18.4 Å². The van der Waals surface area contributed by atoms with E-state index in [4.69, 9.17) is 20.4 Å². The first-order chi connectivity index (χ1) is 21.2. The highest BCUT2D eigenvalue weighted by atomic mass is 35.5. The molecule has 230 valence electrons. The van der Waals surface area contributed by atoms with Gasteiger partial charge in [0.25, 0.3) is 0 Å². The molecular weight excluding hydrogens is 626 g/mol. The number of fused-ring (bicyclic) bond motifs is 2. The van der Waals surface area contributed by atoms with Gasteiger partial charge >= 0.3 is 23.6 Å². The van der Waals surface area contributed by atoms with E-state index in [1.54, 1.807) is 55.5 Å². The van der Waals surface area contributed by atoms with Crippen LogP contribution in [0.15, 0.2) is 93.8 Å². The third-order valence-corrected chi connectivity index (χ3v) is 7.69. The smallest absolute Gasteiger partial charge is 0.395 e. The third kappa shape index (κ3) is 4.33. The van der Waals surface area contributed by atoms with Crippen molar-refractivity contribution in [2.45, 2.75) is 35.4 Å². The number of halogens is 7. The van der Waals surface area contributed by atoms with Crippen LogP contribution in [0.2, 0.25) is 0 Å².